The van der Waals surface area contributed by atoms with Gasteiger partial charge in [-0.25, -0.2) is 14.3 Å². The molecule has 0 saturated carbocycles. The fraction of sp³-hybridized carbons (Fsp3) is 0.429. The summed E-state index contributed by atoms with van der Waals surface area (Å²) < 4.78 is 14.9. The zero-order valence-corrected chi connectivity index (χ0v) is 13.1. The molecule has 1 aromatic carbocycles. The highest BCUT2D eigenvalue weighted by Gasteiger charge is 2.11. The van der Waals surface area contributed by atoms with Gasteiger partial charge in [0, 0.05) is 18.5 Å². The molecule has 114 valence electrons. The molecule has 0 atom stereocenters. The van der Waals surface area contributed by atoms with Gasteiger partial charge in [0.2, 0.25) is 0 Å². The van der Waals surface area contributed by atoms with Crippen LogP contribution in [0.3, 0.4) is 0 Å². The highest BCUT2D eigenvalue weighted by Crippen LogP contribution is 2.28. The number of rotatable bonds is 6. The fourth-order valence-corrected chi connectivity index (χ4v) is 2.71. The van der Waals surface area contributed by atoms with Crippen LogP contribution in [-0.4, -0.2) is 21.3 Å². The fourth-order valence-electron chi connectivity index (χ4n) is 1.80. The average Bonchev–Trinajstić information content (AvgIpc) is 2.73. The Kier molecular flexibility index (Phi) is 5.19. The number of hydrogen-bond donors (Lipinski definition) is 2. The van der Waals surface area contributed by atoms with Crippen molar-refractivity contribution in [1.82, 2.24) is 20.1 Å². The van der Waals surface area contributed by atoms with Gasteiger partial charge >= 0.3 is 5.69 Å². The lowest BCUT2D eigenvalue weighted by Gasteiger charge is -2.11. The predicted octanol–water partition coefficient (Wildman–Crippen LogP) is 2.14. The van der Waals surface area contributed by atoms with E-state index < -0.39 is 0 Å². The Labute approximate surface area is 127 Å². The third kappa shape index (κ3) is 4.18. The molecule has 0 fully saturated rings. The quantitative estimate of drug-likeness (QED) is 0.858. The summed E-state index contributed by atoms with van der Waals surface area (Å²) in [6.45, 7) is 5.68. The van der Waals surface area contributed by atoms with Crippen molar-refractivity contribution < 1.29 is 4.39 Å². The number of nitrogens with one attached hydrogen (secondary N) is 2. The molecule has 21 heavy (non-hydrogen) atoms. The first-order valence-corrected chi connectivity index (χ1v) is 7.57. The Morgan fingerprint density at radius 2 is 2.24 bits per heavy atom. The van der Waals surface area contributed by atoms with E-state index in [4.69, 9.17) is 0 Å². The molecule has 0 radical (unpaired) electrons. The van der Waals surface area contributed by atoms with Gasteiger partial charge in [-0.05, 0) is 48.0 Å². The van der Waals surface area contributed by atoms with E-state index in [-0.39, 0.29) is 11.5 Å². The summed E-state index contributed by atoms with van der Waals surface area (Å²) in [4.78, 5) is 12.3. The number of aromatic amines is 1. The van der Waals surface area contributed by atoms with Gasteiger partial charge in [-0.2, -0.15) is 0 Å². The molecule has 0 amide bonds. The van der Waals surface area contributed by atoms with Crippen molar-refractivity contribution in [2.75, 3.05) is 6.54 Å². The van der Waals surface area contributed by atoms with E-state index >= 15 is 0 Å². The minimum absolute atomic E-state index is 0.265. The van der Waals surface area contributed by atoms with Gasteiger partial charge in [-0.15, -0.1) is 5.10 Å². The Morgan fingerprint density at radius 3 is 2.86 bits per heavy atom. The first-order chi connectivity index (χ1) is 9.97. The molecular weight excluding hydrogens is 291 g/mol. The summed E-state index contributed by atoms with van der Waals surface area (Å²) in [7, 11) is 1.65. The predicted molar refractivity (Wildman–Crippen MR) is 80.9 cm³/mol. The van der Waals surface area contributed by atoms with Gasteiger partial charge in [-0.1, -0.05) is 13.8 Å². The second-order valence-corrected chi connectivity index (χ2v) is 6.26. The molecule has 7 heteroatoms. The first-order valence-electron chi connectivity index (χ1n) is 6.75. The molecule has 2 N–H and O–H groups in total. The number of aromatic nitrogens is 3. The van der Waals surface area contributed by atoms with Gasteiger partial charge in [0.1, 0.15) is 5.82 Å². The molecule has 0 aliphatic carbocycles. The molecule has 0 aliphatic heterocycles. The summed E-state index contributed by atoms with van der Waals surface area (Å²) in [5, 5.41) is 10.2. The van der Waals surface area contributed by atoms with Crippen LogP contribution in [0, 0.1) is 11.7 Å². The van der Waals surface area contributed by atoms with Gasteiger partial charge in [-0.3, -0.25) is 4.57 Å². The van der Waals surface area contributed by atoms with E-state index in [0.29, 0.717) is 17.6 Å². The zero-order valence-electron chi connectivity index (χ0n) is 12.3. The van der Waals surface area contributed by atoms with Gasteiger partial charge in [0.15, 0.2) is 5.16 Å². The van der Waals surface area contributed by atoms with E-state index in [1.54, 1.807) is 13.1 Å². The molecule has 1 aromatic heterocycles. The van der Waals surface area contributed by atoms with Crippen molar-refractivity contribution in [3.05, 3.63) is 40.1 Å². The smallest absolute Gasteiger partial charge is 0.312 e. The summed E-state index contributed by atoms with van der Waals surface area (Å²) in [5.74, 6) is 0.262. The van der Waals surface area contributed by atoms with Crippen LogP contribution in [0.1, 0.15) is 19.4 Å². The van der Waals surface area contributed by atoms with Crippen LogP contribution < -0.4 is 11.0 Å². The van der Waals surface area contributed by atoms with Crippen LogP contribution >= 0.6 is 11.8 Å². The molecule has 2 rings (SSSR count). The Hall–Kier alpha value is -1.60. The lowest BCUT2D eigenvalue weighted by molar-refractivity contribution is 0.547. The van der Waals surface area contributed by atoms with Crippen molar-refractivity contribution in [2.45, 2.75) is 30.4 Å². The first kappa shape index (κ1) is 15.8. The highest BCUT2D eigenvalue weighted by molar-refractivity contribution is 7.99. The van der Waals surface area contributed by atoms with Crippen LogP contribution in [0.4, 0.5) is 4.39 Å². The van der Waals surface area contributed by atoms with Crippen molar-refractivity contribution in [1.29, 1.82) is 0 Å². The largest absolute Gasteiger partial charge is 0.343 e. The Bertz CT molecular complexity index is 665. The van der Waals surface area contributed by atoms with Crippen LogP contribution in [0.25, 0.3) is 0 Å². The van der Waals surface area contributed by atoms with E-state index in [2.05, 4.69) is 29.4 Å². The minimum Gasteiger partial charge on any atom is -0.312 e. The molecule has 1 heterocycles. The maximum Gasteiger partial charge on any atom is 0.343 e. The molecule has 0 unspecified atom stereocenters. The molecule has 0 aliphatic rings. The molecule has 0 spiro atoms. The third-order valence-corrected chi connectivity index (χ3v) is 4.10. The molecular formula is C14H19FN4OS. The average molecular weight is 310 g/mol. The summed E-state index contributed by atoms with van der Waals surface area (Å²) in [5.41, 5.74) is 0.593. The zero-order chi connectivity index (χ0) is 15.4. The highest BCUT2D eigenvalue weighted by atomic mass is 32.2. The minimum atomic E-state index is -0.267. The monoisotopic (exact) mass is 310 g/mol. The van der Waals surface area contributed by atoms with Crippen LogP contribution in [0.15, 0.2) is 33.0 Å². The van der Waals surface area contributed by atoms with Gasteiger partial charge in [0.25, 0.3) is 0 Å². The summed E-state index contributed by atoms with van der Waals surface area (Å²) >= 11 is 1.34. The van der Waals surface area contributed by atoms with Gasteiger partial charge < -0.3 is 5.32 Å². The molecule has 2 aromatic rings. The van der Waals surface area contributed by atoms with E-state index in [1.165, 1.54) is 28.5 Å². The Morgan fingerprint density at radius 1 is 1.48 bits per heavy atom. The van der Waals surface area contributed by atoms with Crippen molar-refractivity contribution in [3.8, 4) is 0 Å². The standard InChI is InChI=1S/C14H19FN4OS/c1-9(2)7-16-8-10-6-11(15)4-5-12(10)21-14-18-17-13(20)19(14)3/h4-6,9,16H,7-8H2,1-3H3,(H,17,20). The van der Waals surface area contributed by atoms with Gasteiger partial charge in [0.05, 0.1) is 0 Å². The van der Waals surface area contributed by atoms with Crippen molar-refractivity contribution >= 4 is 11.8 Å². The lowest BCUT2D eigenvalue weighted by atomic mass is 10.2. The number of H-pyrrole nitrogens is 1. The lowest BCUT2D eigenvalue weighted by Crippen LogP contribution is -2.19. The maximum atomic E-state index is 13.4. The number of hydrogen-bond acceptors (Lipinski definition) is 4. The normalized spacial score (nSPS) is 11.3. The maximum absolute atomic E-state index is 13.4. The Balaban J connectivity index is 2.18. The van der Waals surface area contributed by atoms with Crippen LogP contribution in [-0.2, 0) is 13.6 Å². The SMILES string of the molecule is CC(C)CNCc1cc(F)ccc1Sc1n[nH]c(=O)n1C. The summed E-state index contributed by atoms with van der Waals surface area (Å²) in [6.07, 6.45) is 0. The molecule has 0 saturated heterocycles. The second-order valence-electron chi connectivity index (χ2n) is 5.25. The topological polar surface area (TPSA) is 62.7 Å². The number of nitrogens with zero attached hydrogens (tertiary/aromatic N) is 2. The van der Waals surface area contributed by atoms with E-state index in [0.717, 1.165) is 17.0 Å². The second kappa shape index (κ2) is 6.91. The number of benzene rings is 1. The van der Waals surface area contributed by atoms with Crippen LogP contribution in [0.5, 0.6) is 0 Å². The molecule has 5 nitrogen and oxygen atoms in total. The van der Waals surface area contributed by atoms with E-state index in [9.17, 15) is 9.18 Å². The molecule has 0 bridgehead atoms. The van der Waals surface area contributed by atoms with Crippen molar-refractivity contribution in [3.63, 3.8) is 0 Å². The third-order valence-electron chi connectivity index (χ3n) is 2.93. The summed E-state index contributed by atoms with van der Waals surface area (Å²) in [6, 6.07) is 4.64. The van der Waals surface area contributed by atoms with Crippen LogP contribution in [0.2, 0.25) is 0 Å². The number of halogens is 1. The van der Waals surface area contributed by atoms with E-state index in [1.807, 2.05) is 0 Å². The van der Waals surface area contributed by atoms with Crippen molar-refractivity contribution in [2.24, 2.45) is 13.0 Å².